The molecule has 18 heteroatoms. The molecule has 0 saturated carbocycles. The highest BCUT2D eigenvalue weighted by Gasteiger charge is 2.37. The van der Waals surface area contributed by atoms with Gasteiger partial charge in [-0.2, -0.15) is 44.3 Å². The fourth-order valence-corrected chi connectivity index (χ4v) is 4.77. The quantitative estimate of drug-likeness (QED) is 0.177. The summed E-state index contributed by atoms with van der Waals surface area (Å²) in [6.07, 6.45) is -16.2. The van der Waals surface area contributed by atoms with Crippen molar-refractivity contribution in [1.82, 2.24) is 25.5 Å². The van der Waals surface area contributed by atoms with E-state index in [-0.39, 0.29) is 46.7 Å². The number of nitrogens with one attached hydrogen (secondary N) is 1. The number of nitrogens with zero attached hydrogens (tertiary/aromatic N) is 5. The maximum Gasteiger partial charge on any atom is 0.416 e. The highest BCUT2D eigenvalue weighted by molar-refractivity contribution is 6.33. The molecule has 0 fully saturated rings. The lowest BCUT2D eigenvalue weighted by Crippen LogP contribution is -2.25. The van der Waals surface area contributed by atoms with Crippen LogP contribution in [0.3, 0.4) is 0 Å². The molecular formula is C28H22ClF9N6O2. The van der Waals surface area contributed by atoms with Crippen LogP contribution in [0.1, 0.15) is 33.4 Å². The Morgan fingerprint density at radius 3 is 2.00 bits per heavy atom. The van der Waals surface area contributed by atoms with E-state index in [0.717, 1.165) is 27.9 Å². The number of alkyl halides is 9. The van der Waals surface area contributed by atoms with E-state index in [1.165, 1.54) is 19.2 Å². The first kappa shape index (κ1) is 34.3. The minimum absolute atomic E-state index is 0.0132. The van der Waals surface area contributed by atoms with Crippen LogP contribution in [0.15, 0.2) is 54.6 Å². The third kappa shape index (κ3) is 8.58. The normalized spacial score (nSPS) is 12.3. The Labute approximate surface area is 259 Å². The van der Waals surface area contributed by atoms with E-state index in [2.05, 4.69) is 20.7 Å². The van der Waals surface area contributed by atoms with Gasteiger partial charge in [0.05, 0.1) is 23.7 Å². The third-order valence-electron chi connectivity index (χ3n) is 6.61. The molecular weight excluding hydrogens is 659 g/mol. The van der Waals surface area contributed by atoms with Crippen molar-refractivity contribution >= 4 is 23.6 Å². The molecule has 1 heterocycles. The fourth-order valence-electron chi connectivity index (χ4n) is 4.55. The van der Waals surface area contributed by atoms with Crippen LogP contribution in [0, 0.1) is 0 Å². The molecule has 0 spiro atoms. The molecule has 0 aliphatic carbocycles. The lowest BCUT2D eigenvalue weighted by Gasteiger charge is -2.24. The highest BCUT2D eigenvalue weighted by atomic mass is 35.5. The Morgan fingerprint density at radius 1 is 0.826 bits per heavy atom. The molecule has 8 nitrogen and oxygen atoms in total. The second kappa shape index (κ2) is 13.1. The molecule has 2 N–H and O–H groups in total. The van der Waals surface area contributed by atoms with Gasteiger partial charge in [-0.15, -0.1) is 5.10 Å². The number of amides is 1. The first-order valence-electron chi connectivity index (χ1n) is 13.0. The van der Waals surface area contributed by atoms with Crippen molar-refractivity contribution in [3.63, 3.8) is 0 Å². The lowest BCUT2D eigenvalue weighted by molar-refractivity contribution is -0.143. The van der Waals surface area contributed by atoms with Gasteiger partial charge in [0.25, 0.3) is 5.95 Å². The lowest BCUT2D eigenvalue weighted by atomic mass is 9.94. The topological polar surface area (TPSA) is 96.2 Å². The van der Waals surface area contributed by atoms with Crippen LogP contribution in [0.5, 0.6) is 0 Å². The smallest absolute Gasteiger partial charge is 0.416 e. The van der Waals surface area contributed by atoms with Crippen LogP contribution in [0.25, 0.3) is 11.1 Å². The van der Waals surface area contributed by atoms with Gasteiger partial charge >= 0.3 is 24.6 Å². The molecule has 0 saturated heterocycles. The number of carbonyl (C=O) groups is 1. The molecule has 0 unspecified atom stereocenters. The standard InChI is InChI=1S/C28H22ClF9N6O2/c1-43-41-24(40-42-43)44(13-16-8-19(27(33,34)35)12-20(9-16)28(36,37)38)14-17-11-18(26(30,31)32)3-4-21(17)22-10-15(2-5-23(22)29)6-7-39-25(45)46/h2-5,8-12,39H,6-7,13-14H2,1H3,(H,45,46). The van der Waals surface area contributed by atoms with Gasteiger partial charge in [-0.1, -0.05) is 28.8 Å². The minimum atomic E-state index is -5.14. The predicted octanol–water partition coefficient (Wildman–Crippen LogP) is 7.60. The number of benzene rings is 3. The van der Waals surface area contributed by atoms with Crippen molar-refractivity contribution in [2.24, 2.45) is 7.05 Å². The number of tetrazole rings is 1. The molecule has 246 valence electrons. The van der Waals surface area contributed by atoms with E-state index in [9.17, 15) is 44.3 Å². The Bertz CT molecular complexity index is 1690. The Balaban J connectivity index is 1.84. The molecule has 0 atom stereocenters. The van der Waals surface area contributed by atoms with E-state index >= 15 is 0 Å². The maximum atomic E-state index is 13.8. The van der Waals surface area contributed by atoms with Gasteiger partial charge in [-0.3, -0.25) is 0 Å². The number of anilines is 1. The highest BCUT2D eigenvalue weighted by Crippen LogP contribution is 2.39. The number of rotatable bonds is 9. The zero-order valence-electron chi connectivity index (χ0n) is 23.4. The molecule has 3 aromatic carbocycles. The summed E-state index contributed by atoms with van der Waals surface area (Å²) < 4.78 is 123. The van der Waals surface area contributed by atoms with E-state index in [0.29, 0.717) is 17.7 Å². The number of halogens is 10. The zero-order valence-corrected chi connectivity index (χ0v) is 24.2. The summed E-state index contributed by atoms with van der Waals surface area (Å²) in [4.78, 5) is 12.9. The van der Waals surface area contributed by atoms with Crippen LogP contribution in [-0.4, -0.2) is 38.0 Å². The zero-order chi connectivity index (χ0) is 34.0. The summed E-state index contributed by atoms with van der Waals surface area (Å²) in [5.74, 6) is -0.295. The van der Waals surface area contributed by atoms with Gasteiger partial charge in [0.15, 0.2) is 0 Å². The SMILES string of the molecule is Cn1nnc(N(Cc2cc(C(F)(F)F)cc(C(F)(F)F)c2)Cc2cc(C(F)(F)F)ccc2-c2cc(CCNC(=O)O)ccc2Cl)n1. The molecule has 1 aromatic heterocycles. The number of hydrogen-bond acceptors (Lipinski definition) is 5. The summed E-state index contributed by atoms with van der Waals surface area (Å²) in [7, 11) is 1.33. The van der Waals surface area contributed by atoms with E-state index < -0.39 is 60.0 Å². The Morgan fingerprint density at radius 2 is 1.46 bits per heavy atom. The number of aryl methyl sites for hydroxylation is 1. The van der Waals surface area contributed by atoms with Crippen molar-refractivity contribution in [1.29, 1.82) is 0 Å². The average Bonchev–Trinajstić information content (AvgIpc) is 3.38. The average molecular weight is 681 g/mol. The van der Waals surface area contributed by atoms with Crippen LogP contribution in [-0.2, 0) is 45.1 Å². The summed E-state index contributed by atoms with van der Waals surface area (Å²) in [5, 5.41) is 22.5. The molecule has 0 aliphatic rings. The Hall–Kier alpha value is -4.54. The summed E-state index contributed by atoms with van der Waals surface area (Å²) >= 11 is 6.43. The molecule has 46 heavy (non-hydrogen) atoms. The monoisotopic (exact) mass is 680 g/mol. The maximum absolute atomic E-state index is 13.8. The molecule has 4 rings (SSSR count). The van der Waals surface area contributed by atoms with Crippen molar-refractivity contribution in [2.45, 2.75) is 38.0 Å². The van der Waals surface area contributed by atoms with Gasteiger partial charge in [0.1, 0.15) is 0 Å². The van der Waals surface area contributed by atoms with Gasteiger partial charge in [0, 0.05) is 30.2 Å². The van der Waals surface area contributed by atoms with Crippen LogP contribution < -0.4 is 10.2 Å². The third-order valence-corrected chi connectivity index (χ3v) is 6.94. The van der Waals surface area contributed by atoms with E-state index in [1.54, 1.807) is 6.07 Å². The van der Waals surface area contributed by atoms with Crippen molar-refractivity contribution in [3.05, 3.63) is 93.0 Å². The Kier molecular flexibility index (Phi) is 9.75. The molecule has 4 aromatic rings. The first-order valence-corrected chi connectivity index (χ1v) is 13.4. The number of carboxylic acid groups (broad SMARTS) is 1. The largest absolute Gasteiger partial charge is 0.465 e. The number of aromatic nitrogens is 4. The minimum Gasteiger partial charge on any atom is -0.465 e. The van der Waals surface area contributed by atoms with Crippen LogP contribution in [0.2, 0.25) is 5.02 Å². The van der Waals surface area contributed by atoms with Crippen LogP contribution in [0.4, 0.5) is 50.3 Å². The van der Waals surface area contributed by atoms with Crippen molar-refractivity contribution in [3.8, 4) is 11.1 Å². The summed E-state index contributed by atoms with van der Waals surface area (Å²) in [6, 6.07) is 8.23. The molecule has 0 aliphatic heterocycles. The van der Waals surface area contributed by atoms with Gasteiger partial charge < -0.3 is 15.3 Å². The fraction of sp³-hybridized carbons (Fsp3) is 0.286. The molecule has 1 amide bonds. The molecule has 0 bridgehead atoms. The van der Waals surface area contributed by atoms with Gasteiger partial charge in [-0.05, 0) is 76.4 Å². The van der Waals surface area contributed by atoms with Gasteiger partial charge in [-0.25, -0.2) is 4.79 Å². The van der Waals surface area contributed by atoms with E-state index in [4.69, 9.17) is 16.7 Å². The molecule has 0 radical (unpaired) electrons. The van der Waals surface area contributed by atoms with Crippen molar-refractivity contribution in [2.75, 3.05) is 11.4 Å². The summed E-state index contributed by atoms with van der Waals surface area (Å²) in [6.45, 7) is -1.22. The second-order valence-corrected chi connectivity index (χ2v) is 10.4. The van der Waals surface area contributed by atoms with Crippen molar-refractivity contribution < 1.29 is 49.4 Å². The van der Waals surface area contributed by atoms with E-state index in [1.807, 2.05) is 0 Å². The summed E-state index contributed by atoms with van der Waals surface area (Å²) in [5.41, 5.74) is -3.84. The number of hydrogen-bond donors (Lipinski definition) is 2. The van der Waals surface area contributed by atoms with Crippen LogP contribution >= 0.6 is 11.6 Å². The predicted molar refractivity (Wildman–Crippen MR) is 147 cm³/mol. The second-order valence-electron chi connectivity index (χ2n) is 10.0. The van der Waals surface area contributed by atoms with Gasteiger partial charge in [0.2, 0.25) is 0 Å². The first-order chi connectivity index (χ1) is 21.3.